The zero-order chi connectivity index (χ0) is 12.3. The van der Waals surface area contributed by atoms with E-state index in [9.17, 15) is 8.78 Å². The van der Waals surface area contributed by atoms with Crippen LogP contribution < -0.4 is 5.32 Å². The highest BCUT2D eigenvalue weighted by molar-refractivity contribution is 14.1. The lowest BCUT2D eigenvalue weighted by Crippen LogP contribution is -2.00. The molecule has 0 bridgehead atoms. The highest BCUT2D eigenvalue weighted by atomic mass is 127. The number of halogens is 3. The Hall–Kier alpha value is -1.17. The van der Waals surface area contributed by atoms with Gasteiger partial charge in [-0.05, 0) is 58.5 Å². The maximum Gasteiger partial charge on any atom is 0.159 e. The Bertz CT molecular complexity index is 529. The highest BCUT2D eigenvalue weighted by Gasteiger charge is 2.02. The minimum absolute atomic E-state index is 0.470. The van der Waals surface area contributed by atoms with E-state index >= 15 is 0 Å². The van der Waals surface area contributed by atoms with Crippen LogP contribution in [0.25, 0.3) is 0 Å². The zero-order valence-corrected chi connectivity index (χ0v) is 11.0. The van der Waals surface area contributed by atoms with Gasteiger partial charge < -0.3 is 5.32 Å². The van der Waals surface area contributed by atoms with Crippen LogP contribution in [0.4, 0.5) is 14.5 Å². The van der Waals surface area contributed by atoms with E-state index in [1.54, 1.807) is 6.07 Å². The van der Waals surface area contributed by atoms with Crippen molar-refractivity contribution >= 4 is 28.3 Å². The predicted octanol–water partition coefficient (Wildman–Crippen LogP) is 4.18. The summed E-state index contributed by atoms with van der Waals surface area (Å²) in [4.78, 5) is 0. The van der Waals surface area contributed by atoms with Crippen LogP contribution in [0.1, 0.15) is 5.56 Å². The molecule has 0 spiro atoms. The SMILES string of the molecule is Fc1ccc(CNc2cccc(I)c2)cc1F. The molecule has 0 aliphatic heterocycles. The summed E-state index contributed by atoms with van der Waals surface area (Å²) in [5.74, 6) is -1.63. The van der Waals surface area contributed by atoms with E-state index in [2.05, 4.69) is 27.9 Å². The minimum atomic E-state index is -0.817. The van der Waals surface area contributed by atoms with E-state index in [1.165, 1.54) is 6.07 Å². The van der Waals surface area contributed by atoms with Gasteiger partial charge in [0.25, 0.3) is 0 Å². The topological polar surface area (TPSA) is 12.0 Å². The molecule has 2 aromatic carbocycles. The van der Waals surface area contributed by atoms with Gasteiger partial charge >= 0.3 is 0 Å². The molecule has 0 heterocycles. The molecule has 0 atom stereocenters. The maximum absolute atomic E-state index is 13.0. The Kier molecular flexibility index (Phi) is 3.93. The van der Waals surface area contributed by atoms with E-state index in [-0.39, 0.29) is 0 Å². The van der Waals surface area contributed by atoms with Crippen molar-refractivity contribution in [2.24, 2.45) is 0 Å². The third-order valence-corrected chi connectivity index (χ3v) is 2.98. The molecule has 0 aliphatic carbocycles. The Morgan fingerprint density at radius 2 is 1.82 bits per heavy atom. The van der Waals surface area contributed by atoms with Crippen molar-refractivity contribution in [3.05, 3.63) is 63.2 Å². The van der Waals surface area contributed by atoms with Gasteiger partial charge in [-0.1, -0.05) is 12.1 Å². The fraction of sp³-hybridized carbons (Fsp3) is 0.0769. The van der Waals surface area contributed by atoms with Crippen LogP contribution in [-0.2, 0) is 6.54 Å². The third kappa shape index (κ3) is 3.39. The average Bonchev–Trinajstić information content (AvgIpc) is 2.31. The molecular formula is C13H10F2IN. The molecule has 1 nitrogen and oxygen atoms in total. The van der Waals surface area contributed by atoms with Crippen LogP contribution in [0.5, 0.6) is 0 Å². The number of anilines is 1. The predicted molar refractivity (Wildman–Crippen MR) is 72.8 cm³/mol. The fourth-order valence-electron chi connectivity index (χ4n) is 1.45. The second kappa shape index (κ2) is 5.44. The van der Waals surface area contributed by atoms with Gasteiger partial charge in [-0.3, -0.25) is 0 Å². The molecule has 1 N–H and O–H groups in total. The largest absolute Gasteiger partial charge is 0.381 e. The Labute approximate surface area is 112 Å². The third-order valence-electron chi connectivity index (χ3n) is 2.31. The number of hydrogen-bond acceptors (Lipinski definition) is 1. The quantitative estimate of drug-likeness (QED) is 0.823. The molecule has 0 fully saturated rings. The van der Waals surface area contributed by atoms with Gasteiger partial charge in [-0.15, -0.1) is 0 Å². The van der Waals surface area contributed by atoms with E-state index in [1.807, 2.05) is 24.3 Å². The van der Waals surface area contributed by atoms with Gasteiger partial charge in [0.2, 0.25) is 0 Å². The molecule has 0 amide bonds. The summed E-state index contributed by atoms with van der Waals surface area (Å²) in [6.07, 6.45) is 0. The molecule has 0 aliphatic rings. The first kappa shape index (κ1) is 12.3. The van der Waals surface area contributed by atoms with Crippen molar-refractivity contribution in [3.8, 4) is 0 Å². The molecular weight excluding hydrogens is 335 g/mol. The smallest absolute Gasteiger partial charge is 0.159 e. The molecule has 2 rings (SSSR count). The van der Waals surface area contributed by atoms with Crippen molar-refractivity contribution in [1.82, 2.24) is 0 Å². The van der Waals surface area contributed by atoms with E-state index < -0.39 is 11.6 Å². The number of rotatable bonds is 3. The van der Waals surface area contributed by atoms with E-state index in [4.69, 9.17) is 0 Å². The van der Waals surface area contributed by atoms with Crippen LogP contribution in [-0.4, -0.2) is 0 Å². The monoisotopic (exact) mass is 345 g/mol. The standard InChI is InChI=1S/C13H10F2IN/c14-12-5-4-9(6-13(12)15)8-17-11-3-1-2-10(16)7-11/h1-7,17H,8H2. The van der Waals surface area contributed by atoms with Crippen LogP contribution in [0.3, 0.4) is 0 Å². The Morgan fingerprint density at radius 1 is 1.00 bits per heavy atom. The summed E-state index contributed by atoms with van der Waals surface area (Å²) >= 11 is 2.22. The van der Waals surface area contributed by atoms with Gasteiger partial charge in [-0.2, -0.15) is 0 Å². The molecule has 17 heavy (non-hydrogen) atoms. The Morgan fingerprint density at radius 3 is 2.53 bits per heavy atom. The van der Waals surface area contributed by atoms with Crippen LogP contribution in [0, 0.1) is 15.2 Å². The van der Waals surface area contributed by atoms with Crippen LogP contribution >= 0.6 is 22.6 Å². The molecule has 4 heteroatoms. The van der Waals surface area contributed by atoms with Crippen LogP contribution in [0.15, 0.2) is 42.5 Å². The lowest BCUT2D eigenvalue weighted by atomic mass is 10.2. The molecule has 0 radical (unpaired) electrons. The second-order valence-electron chi connectivity index (χ2n) is 3.61. The van der Waals surface area contributed by atoms with Gasteiger partial charge in [0.1, 0.15) is 0 Å². The summed E-state index contributed by atoms with van der Waals surface area (Å²) in [5, 5.41) is 3.15. The first-order valence-corrected chi connectivity index (χ1v) is 6.16. The second-order valence-corrected chi connectivity index (χ2v) is 4.86. The van der Waals surface area contributed by atoms with Crippen molar-refractivity contribution < 1.29 is 8.78 Å². The molecule has 0 unspecified atom stereocenters. The normalized spacial score (nSPS) is 10.3. The van der Waals surface area contributed by atoms with Crippen LogP contribution in [0.2, 0.25) is 0 Å². The fourth-order valence-corrected chi connectivity index (χ4v) is 2.00. The first-order valence-electron chi connectivity index (χ1n) is 5.08. The molecule has 88 valence electrons. The van der Waals surface area contributed by atoms with Gasteiger partial charge in [0.15, 0.2) is 11.6 Å². The van der Waals surface area contributed by atoms with E-state index in [0.29, 0.717) is 12.1 Å². The van der Waals surface area contributed by atoms with Gasteiger partial charge in [0.05, 0.1) is 0 Å². The van der Waals surface area contributed by atoms with Gasteiger partial charge in [-0.25, -0.2) is 8.78 Å². The lowest BCUT2D eigenvalue weighted by Gasteiger charge is -2.07. The first-order chi connectivity index (χ1) is 8.15. The van der Waals surface area contributed by atoms with Crippen molar-refractivity contribution in [2.45, 2.75) is 6.54 Å². The summed E-state index contributed by atoms with van der Waals surface area (Å²) in [5.41, 5.74) is 1.67. The van der Waals surface area contributed by atoms with Crippen molar-refractivity contribution in [1.29, 1.82) is 0 Å². The highest BCUT2D eigenvalue weighted by Crippen LogP contribution is 2.14. The number of hydrogen-bond donors (Lipinski definition) is 1. The average molecular weight is 345 g/mol. The minimum Gasteiger partial charge on any atom is -0.381 e. The molecule has 0 aromatic heterocycles. The summed E-state index contributed by atoms with van der Waals surface area (Å²) in [6, 6.07) is 11.8. The van der Waals surface area contributed by atoms with E-state index in [0.717, 1.165) is 15.3 Å². The molecule has 2 aromatic rings. The molecule has 0 saturated heterocycles. The number of benzene rings is 2. The Balaban J connectivity index is 2.05. The zero-order valence-electron chi connectivity index (χ0n) is 8.88. The summed E-state index contributed by atoms with van der Waals surface area (Å²) in [6.45, 7) is 0.470. The maximum atomic E-state index is 13.0. The summed E-state index contributed by atoms with van der Waals surface area (Å²) < 4.78 is 26.8. The van der Waals surface area contributed by atoms with Crippen molar-refractivity contribution in [2.75, 3.05) is 5.32 Å². The van der Waals surface area contributed by atoms with Crippen molar-refractivity contribution in [3.63, 3.8) is 0 Å². The lowest BCUT2D eigenvalue weighted by molar-refractivity contribution is 0.507. The summed E-state index contributed by atoms with van der Waals surface area (Å²) in [7, 11) is 0. The molecule has 0 saturated carbocycles. The van der Waals surface area contributed by atoms with Gasteiger partial charge in [0, 0.05) is 15.8 Å². The number of nitrogens with one attached hydrogen (secondary N) is 1.